The minimum Gasteiger partial charge on any atom is -0.351 e. The Labute approximate surface area is 205 Å². The topological polar surface area (TPSA) is 45.2 Å². The molecule has 0 spiro atoms. The molecule has 0 N–H and O–H groups in total. The number of pyridine rings is 1. The van der Waals surface area contributed by atoms with Crippen LogP contribution in [0.3, 0.4) is 0 Å². The lowest BCUT2D eigenvalue weighted by molar-refractivity contribution is -0.00603. The molecule has 2 aliphatic heterocycles. The molecule has 2 aromatic rings. The predicted molar refractivity (Wildman–Crippen MR) is 138 cm³/mol. The molecule has 0 aromatic carbocycles. The molecule has 2 aliphatic carbocycles. The van der Waals surface area contributed by atoms with Gasteiger partial charge in [-0.25, -0.2) is 0 Å². The summed E-state index contributed by atoms with van der Waals surface area (Å²) < 4.78 is 0. The van der Waals surface area contributed by atoms with Gasteiger partial charge in [-0.1, -0.05) is 20.8 Å². The fraction of sp³-hybridized carbons (Fsp3) is 0.690. The molecular formula is C29H41N5. The Morgan fingerprint density at radius 3 is 2.56 bits per heavy atom. The van der Waals surface area contributed by atoms with Gasteiger partial charge in [0.2, 0.25) is 0 Å². The maximum Gasteiger partial charge on any atom is 0.151 e. The third kappa shape index (κ3) is 4.14. The Morgan fingerprint density at radius 2 is 1.82 bits per heavy atom. The van der Waals surface area contributed by atoms with E-state index in [9.17, 15) is 0 Å². The summed E-state index contributed by atoms with van der Waals surface area (Å²) in [5.41, 5.74) is 3.90. The lowest BCUT2D eigenvalue weighted by Crippen LogP contribution is -2.47. The van der Waals surface area contributed by atoms with Gasteiger partial charge in [-0.3, -0.25) is 4.98 Å². The van der Waals surface area contributed by atoms with Crippen molar-refractivity contribution in [2.24, 2.45) is 29.1 Å². The highest BCUT2D eigenvalue weighted by molar-refractivity contribution is 5.63. The van der Waals surface area contributed by atoms with E-state index in [1.54, 1.807) is 0 Å². The molecule has 4 atom stereocenters. The lowest BCUT2D eigenvalue weighted by atomic mass is 9.56. The molecule has 34 heavy (non-hydrogen) atoms. The second-order valence-electron chi connectivity index (χ2n) is 12.3. The fourth-order valence-electron chi connectivity index (χ4n) is 8.62. The van der Waals surface area contributed by atoms with Crippen LogP contribution < -0.4 is 4.90 Å². The van der Waals surface area contributed by atoms with Gasteiger partial charge in [0.25, 0.3) is 0 Å². The molecule has 4 heterocycles. The number of hydrogen-bond acceptors (Lipinski definition) is 5. The van der Waals surface area contributed by atoms with E-state index in [2.05, 4.69) is 58.9 Å². The predicted octanol–water partition coefficient (Wildman–Crippen LogP) is 5.46. The lowest BCUT2D eigenvalue weighted by Gasteiger charge is -2.51. The average molecular weight is 460 g/mol. The SMILES string of the molecule is CCc1ccncc1-c1ccc(N2CCC3CN(CC45CC(C)CC(CC(C)C4)C5)CC32)nn1. The number of nitrogens with zero attached hydrogens (tertiary/aromatic N) is 5. The number of fused-ring (bicyclic) bond motifs is 3. The van der Waals surface area contributed by atoms with Crippen molar-refractivity contribution in [3.63, 3.8) is 0 Å². The molecule has 2 aromatic heterocycles. The Morgan fingerprint density at radius 1 is 1.00 bits per heavy atom. The van der Waals surface area contributed by atoms with Gasteiger partial charge in [-0.05, 0) is 97.8 Å². The van der Waals surface area contributed by atoms with Crippen LogP contribution in [-0.4, -0.2) is 52.3 Å². The van der Waals surface area contributed by atoms with Gasteiger partial charge < -0.3 is 9.80 Å². The van der Waals surface area contributed by atoms with E-state index in [0.29, 0.717) is 11.5 Å². The van der Waals surface area contributed by atoms with Crippen LogP contribution in [0.25, 0.3) is 11.3 Å². The van der Waals surface area contributed by atoms with Crippen molar-refractivity contribution in [1.82, 2.24) is 20.1 Å². The molecule has 2 bridgehead atoms. The monoisotopic (exact) mass is 459 g/mol. The first kappa shape index (κ1) is 22.5. The van der Waals surface area contributed by atoms with Gasteiger partial charge in [-0.2, -0.15) is 0 Å². The van der Waals surface area contributed by atoms with Crippen LogP contribution in [0.4, 0.5) is 5.82 Å². The Kier molecular flexibility index (Phi) is 5.87. The molecule has 182 valence electrons. The standard InChI is InChI=1S/C29H41N5/c1-4-23-7-9-30-16-25(23)26-5-6-28(32-31-26)34-10-8-24-17-33(18-27(24)34)19-29-13-20(2)11-22(15-29)12-21(3)14-29/h5-7,9,16,20-22,24,27H,4,8,10-15,17-19H2,1-3H3. The molecule has 5 nitrogen and oxygen atoms in total. The van der Waals surface area contributed by atoms with Crippen LogP contribution in [0.15, 0.2) is 30.6 Å². The van der Waals surface area contributed by atoms with E-state index in [-0.39, 0.29) is 0 Å². The zero-order valence-corrected chi connectivity index (χ0v) is 21.3. The van der Waals surface area contributed by atoms with Crippen LogP contribution in [0.5, 0.6) is 0 Å². The van der Waals surface area contributed by atoms with E-state index in [0.717, 1.165) is 53.7 Å². The summed E-state index contributed by atoms with van der Waals surface area (Å²) in [4.78, 5) is 9.70. The Bertz CT molecular complexity index is 984. The van der Waals surface area contributed by atoms with Crippen molar-refractivity contribution < 1.29 is 0 Å². The van der Waals surface area contributed by atoms with Gasteiger partial charge in [0, 0.05) is 50.2 Å². The van der Waals surface area contributed by atoms with Crippen LogP contribution in [-0.2, 0) is 6.42 Å². The molecule has 2 saturated carbocycles. The third-order valence-electron chi connectivity index (χ3n) is 9.45. The molecule has 0 amide bonds. The molecule has 5 heteroatoms. The van der Waals surface area contributed by atoms with Gasteiger partial charge in [0.15, 0.2) is 5.82 Å². The zero-order chi connectivity index (χ0) is 23.3. The first-order valence-electron chi connectivity index (χ1n) is 13.8. The summed E-state index contributed by atoms with van der Waals surface area (Å²) in [5.74, 6) is 4.63. The number of anilines is 1. The van der Waals surface area contributed by atoms with Crippen LogP contribution in [0, 0.1) is 29.1 Å². The van der Waals surface area contributed by atoms with Crippen molar-refractivity contribution in [3.05, 3.63) is 36.2 Å². The summed E-state index contributed by atoms with van der Waals surface area (Å²) in [6.07, 6.45) is 13.4. The number of rotatable bonds is 5. The van der Waals surface area contributed by atoms with Crippen molar-refractivity contribution in [2.75, 3.05) is 31.1 Å². The average Bonchev–Trinajstić information content (AvgIpc) is 3.38. The van der Waals surface area contributed by atoms with Crippen LogP contribution in [0.2, 0.25) is 0 Å². The van der Waals surface area contributed by atoms with Crippen molar-refractivity contribution in [3.8, 4) is 11.3 Å². The summed E-state index contributed by atoms with van der Waals surface area (Å²) in [6, 6.07) is 7.02. The Balaban J connectivity index is 1.15. The highest BCUT2D eigenvalue weighted by Crippen LogP contribution is 2.53. The first-order valence-corrected chi connectivity index (χ1v) is 13.8. The van der Waals surface area contributed by atoms with Crippen LogP contribution in [0.1, 0.15) is 64.9 Å². The molecule has 0 radical (unpaired) electrons. The van der Waals surface area contributed by atoms with E-state index >= 15 is 0 Å². The molecule has 4 fully saturated rings. The number of aryl methyl sites for hydroxylation is 1. The molecule has 4 aliphatic rings. The molecule has 2 saturated heterocycles. The van der Waals surface area contributed by atoms with Crippen LogP contribution >= 0.6 is 0 Å². The third-order valence-corrected chi connectivity index (χ3v) is 9.45. The largest absolute Gasteiger partial charge is 0.351 e. The van der Waals surface area contributed by atoms with Gasteiger partial charge in [-0.15, -0.1) is 10.2 Å². The van der Waals surface area contributed by atoms with Gasteiger partial charge in [0.1, 0.15) is 0 Å². The van der Waals surface area contributed by atoms with E-state index in [1.165, 1.54) is 63.7 Å². The highest BCUT2D eigenvalue weighted by atomic mass is 15.3. The maximum absolute atomic E-state index is 4.71. The van der Waals surface area contributed by atoms with Crippen molar-refractivity contribution >= 4 is 5.82 Å². The second-order valence-corrected chi connectivity index (χ2v) is 12.3. The molecule has 4 unspecified atom stereocenters. The minimum absolute atomic E-state index is 0.575. The summed E-state index contributed by atoms with van der Waals surface area (Å²) in [6.45, 7) is 12.1. The van der Waals surface area contributed by atoms with E-state index in [1.807, 2.05) is 12.4 Å². The minimum atomic E-state index is 0.575. The quantitative estimate of drug-likeness (QED) is 0.594. The van der Waals surface area contributed by atoms with E-state index in [4.69, 9.17) is 5.10 Å². The Hall–Kier alpha value is -2.01. The number of aromatic nitrogens is 3. The van der Waals surface area contributed by atoms with Crippen molar-refractivity contribution in [1.29, 1.82) is 0 Å². The fourth-order valence-corrected chi connectivity index (χ4v) is 8.62. The second kappa shape index (κ2) is 8.89. The van der Waals surface area contributed by atoms with Gasteiger partial charge >= 0.3 is 0 Å². The summed E-state index contributed by atoms with van der Waals surface area (Å²) in [5, 5.41) is 9.35. The normalized spacial score (nSPS) is 35.5. The smallest absolute Gasteiger partial charge is 0.151 e. The first-order chi connectivity index (χ1) is 16.5. The zero-order valence-electron chi connectivity index (χ0n) is 21.3. The highest BCUT2D eigenvalue weighted by Gasteiger charge is 2.48. The summed E-state index contributed by atoms with van der Waals surface area (Å²) in [7, 11) is 0. The molecule has 6 rings (SSSR count). The summed E-state index contributed by atoms with van der Waals surface area (Å²) >= 11 is 0. The number of likely N-dealkylation sites (tertiary alicyclic amines) is 1. The van der Waals surface area contributed by atoms with Gasteiger partial charge in [0.05, 0.1) is 5.69 Å². The maximum atomic E-state index is 4.71. The molecular weight excluding hydrogens is 418 g/mol. The van der Waals surface area contributed by atoms with Crippen molar-refractivity contribution in [2.45, 2.75) is 71.8 Å². The number of hydrogen-bond donors (Lipinski definition) is 0. The van der Waals surface area contributed by atoms with E-state index < -0.39 is 0 Å².